The largest absolute Gasteiger partial charge is 0.297 e. The molecule has 0 saturated carbocycles. The summed E-state index contributed by atoms with van der Waals surface area (Å²) in [7, 11) is 0. The van der Waals surface area contributed by atoms with E-state index in [9.17, 15) is 0 Å². The molecule has 0 aliphatic carbocycles. The minimum atomic E-state index is 0.977. The summed E-state index contributed by atoms with van der Waals surface area (Å²) >= 11 is 3.54. The summed E-state index contributed by atoms with van der Waals surface area (Å²) in [5, 5.41) is 7.25. The molecule has 1 aliphatic heterocycles. The van der Waals surface area contributed by atoms with E-state index in [1.807, 2.05) is 6.92 Å². The van der Waals surface area contributed by atoms with Crippen molar-refractivity contribution in [1.29, 1.82) is 0 Å². The lowest BCUT2D eigenvalue weighted by Gasteiger charge is -2.12. The second-order valence-corrected chi connectivity index (χ2v) is 4.39. The third-order valence-electron chi connectivity index (χ3n) is 2.51. The van der Waals surface area contributed by atoms with Gasteiger partial charge in [0, 0.05) is 12.2 Å². The highest BCUT2D eigenvalue weighted by Gasteiger charge is 2.15. The van der Waals surface area contributed by atoms with Gasteiger partial charge in [-0.2, -0.15) is 5.10 Å². The standard InChI is InChI=1S/C9H14BrN3/c1-7-9(10)8(12-11-7)6-13-4-2-3-5-13/h2-6H2,1H3,(H,11,12). The molecule has 1 saturated heterocycles. The Morgan fingerprint density at radius 3 is 2.69 bits per heavy atom. The van der Waals surface area contributed by atoms with Gasteiger partial charge in [0.05, 0.1) is 10.2 Å². The van der Waals surface area contributed by atoms with Crippen LogP contribution >= 0.6 is 15.9 Å². The second-order valence-electron chi connectivity index (χ2n) is 3.59. The van der Waals surface area contributed by atoms with Gasteiger partial charge in [-0.3, -0.25) is 10.00 Å². The average molecular weight is 244 g/mol. The predicted octanol–water partition coefficient (Wildman–Crippen LogP) is 2.08. The van der Waals surface area contributed by atoms with Crippen molar-refractivity contribution in [1.82, 2.24) is 15.1 Å². The molecule has 2 rings (SSSR count). The van der Waals surface area contributed by atoms with Crippen molar-refractivity contribution in [3.8, 4) is 0 Å². The average Bonchev–Trinajstić information content (AvgIpc) is 2.71. The Kier molecular flexibility index (Phi) is 2.69. The number of aromatic amines is 1. The third kappa shape index (κ3) is 1.94. The Hall–Kier alpha value is -0.350. The fraction of sp³-hybridized carbons (Fsp3) is 0.667. The van der Waals surface area contributed by atoms with Gasteiger partial charge in [0.15, 0.2) is 0 Å². The maximum atomic E-state index is 4.27. The summed E-state index contributed by atoms with van der Waals surface area (Å²) in [6.07, 6.45) is 2.67. The summed E-state index contributed by atoms with van der Waals surface area (Å²) in [5.41, 5.74) is 2.26. The minimum absolute atomic E-state index is 0.977. The number of aryl methyl sites for hydroxylation is 1. The van der Waals surface area contributed by atoms with E-state index in [0.29, 0.717) is 0 Å². The predicted molar refractivity (Wildman–Crippen MR) is 55.5 cm³/mol. The van der Waals surface area contributed by atoms with Gasteiger partial charge in [-0.15, -0.1) is 0 Å². The van der Waals surface area contributed by atoms with Gasteiger partial charge in [0.1, 0.15) is 0 Å². The van der Waals surface area contributed by atoms with Crippen LogP contribution in [0.2, 0.25) is 0 Å². The SMILES string of the molecule is Cc1[nH]nc(CN2CCCC2)c1Br. The van der Waals surface area contributed by atoms with Crippen molar-refractivity contribution in [3.05, 3.63) is 15.9 Å². The fourth-order valence-electron chi connectivity index (χ4n) is 1.72. The van der Waals surface area contributed by atoms with Crippen LogP contribution in [-0.2, 0) is 6.54 Å². The molecule has 0 aromatic carbocycles. The summed E-state index contributed by atoms with van der Waals surface area (Å²) in [6, 6.07) is 0. The molecule has 0 spiro atoms. The molecule has 1 aromatic heterocycles. The smallest absolute Gasteiger partial charge is 0.0906 e. The molecule has 0 amide bonds. The first kappa shape index (κ1) is 9.21. The number of aromatic nitrogens is 2. The number of H-pyrrole nitrogens is 1. The monoisotopic (exact) mass is 243 g/mol. The zero-order valence-corrected chi connectivity index (χ0v) is 9.39. The number of halogens is 1. The van der Waals surface area contributed by atoms with Crippen LogP contribution in [0.25, 0.3) is 0 Å². The topological polar surface area (TPSA) is 31.9 Å². The molecular weight excluding hydrogens is 230 g/mol. The molecule has 4 heteroatoms. The lowest BCUT2D eigenvalue weighted by molar-refractivity contribution is 0.326. The summed E-state index contributed by atoms with van der Waals surface area (Å²) in [6.45, 7) is 5.45. The van der Waals surface area contributed by atoms with E-state index < -0.39 is 0 Å². The van der Waals surface area contributed by atoms with Crippen molar-refractivity contribution >= 4 is 15.9 Å². The molecule has 13 heavy (non-hydrogen) atoms. The molecule has 0 unspecified atom stereocenters. The maximum Gasteiger partial charge on any atom is 0.0906 e. The summed E-state index contributed by atoms with van der Waals surface area (Å²) in [4.78, 5) is 2.44. The van der Waals surface area contributed by atoms with Crippen molar-refractivity contribution in [2.24, 2.45) is 0 Å². The van der Waals surface area contributed by atoms with Crippen LogP contribution in [0.1, 0.15) is 24.2 Å². The Morgan fingerprint density at radius 1 is 1.46 bits per heavy atom. The lowest BCUT2D eigenvalue weighted by atomic mass is 10.3. The maximum absolute atomic E-state index is 4.27. The highest BCUT2D eigenvalue weighted by atomic mass is 79.9. The molecule has 1 aliphatic rings. The summed E-state index contributed by atoms with van der Waals surface area (Å²) < 4.78 is 1.14. The number of hydrogen-bond donors (Lipinski definition) is 1. The number of nitrogens with one attached hydrogen (secondary N) is 1. The second kappa shape index (κ2) is 3.80. The van der Waals surface area contributed by atoms with Gasteiger partial charge in [-0.1, -0.05) is 0 Å². The molecule has 3 nitrogen and oxygen atoms in total. The van der Waals surface area contributed by atoms with Crippen LogP contribution < -0.4 is 0 Å². The van der Waals surface area contributed by atoms with Crippen LogP contribution in [0.3, 0.4) is 0 Å². The number of likely N-dealkylation sites (tertiary alicyclic amines) is 1. The lowest BCUT2D eigenvalue weighted by Crippen LogP contribution is -2.18. The van der Waals surface area contributed by atoms with E-state index in [0.717, 1.165) is 22.4 Å². The van der Waals surface area contributed by atoms with Gasteiger partial charge in [0.25, 0.3) is 0 Å². The van der Waals surface area contributed by atoms with E-state index >= 15 is 0 Å². The Bertz CT molecular complexity index is 289. The van der Waals surface area contributed by atoms with Crippen molar-refractivity contribution in [2.75, 3.05) is 13.1 Å². The molecular formula is C9H14BrN3. The van der Waals surface area contributed by atoms with Gasteiger partial charge < -0.3 is 0 Å². The zero-order valence-electron chi connectivity index (χ0n) is 7.81. The molecule has 1 aromatic rings. The molecule has 0 atom stereocenters. The van der Waals surface area contributed by atoms with Gasteiger partial charge >= 0.3 is 0 Å². The first-order valence-corrected chi connectivity index (χ1v) is 5.48. The quantitative estimate of drug-likeness (QED) is 0.863. The van der Waals surface area contributed by atoms with Crippen LogP contribution in [0, 0.1) is 6.92 Å². The molecule has 0 radical (unpaired) electrons. The van der Waals surface area contributed by atoms with E-state index in [1.165, 1.54) is 25.9 Å². The van der Waals surface area contributed by atoms with Gasteiger partial charge in [0.2, 0.25) is 0 Å². The van der Waals surface area contributed by atoms with Gasteiger partial charge in [-0.05, 0) is 48.8 Å². The van der Waals surface area contributed by atoms with Crippen molar-refractivity contribution in [2.45, 2.75) is 26.3 Å². The zero-order chi connectivity index (χ0) is 9.26. The van der Waals surface area contributed by atoms with Crippen LogP contribution in [0.5, 0.6) is 0 Å². The molecule has 2 heterocycles. The Morgan fingerprint density at radius 2 is 2.15 bits per heavy atom. The normalized spacial score (nSPS) is 18.3. The van der Waals surface area contributed by atoms with Crippen LogP contribution in [0.15, 0.2) is 4.47 Å². The number of nitrogens with zero attached hydrogens (tertiary/aromatic N) is 2. The van der Waals surface area contributed by atoms with Crippen molar-refractivity contribution in [3.63, 3.8) is 0 Å². The first-order valence-electron chi connectivity index (χ1n) is 4.69. The molecule has 1 fully saturated rings. The van der Waals surface area contributed by atoms with E-state index in [1.54, 1.807) is 0 Å². The van der Waals surface area contributed by atoms with E-state index in [-0.39, 0.29) is 0 Å². The fourth-order valence-corrected chi connectivity index (χ4v) is 2.03. The highest BCUT2D eigenvalue weighted by molar-refractivity contribution is 9.10. The van der Waals surface area contributed by atoms with E-state index in [2.05, 4.69) is 31.0 Å². The highest BCUT2D eigenvalue weighted by Crippen LogP contribution is 2.21. The van der Waals surface area contributed by atoms with E-state index in [4.69, 9.17) is 0 Å². The first-order chi connectivity index (χ1) is 6.27. The van der Waals surface area contributed by atoms with Crippen LogP contribution in [0.4, 0.5) is 0 Å². The molecule has 72 valence electrons. The number of rotatable bonds is 2. The summed E-state index contributed by atoms with van der Waals surface area (Å²) in [5.74, 6) is 0. The van der Waals surface area contributed by atoms with Crippen LogP contribution in [-0.4, -0.2) is 28.2 Å². The number of hydrogen-bond acceptors (Lipinski definition) is 2. The molecule has 0 bridgehead atoms. The minimum Gasteiger partial charge on any atom is -0.297 e. The third-order valence-corrected chi connectivity index (χ3v) is 3.57. The van der Waals surface area contributed by atoms with Gasteiger partial charge in [-0.25, -0.2) is 0 Å². The Labute approximate surface area is 86.6 Å². The molecule has 1 N–H and O–H groups in total. The Balaban J connectivity index is 2.04. The van der Waals surface area contributed by atoms with Crippen molar-refractivity contribution < 1.29 is 0 Å².